The third-order valence-corrected chi connectivity index (χ3v) is 7.93. The van der Waals surface area contributed by atoms with Crippen molar-refractivity contribution in [2.24, 2.45) is 17.8 Å². The lowest BCUT2D eigenvalue weighted by molar-refractivity contribution is 0.00318. The zero-order valence-corrected chi connectivity index (χ0v) is 16.1. The molecule has 0 heterocycles. The highest BCUT2D eigenvalue weighted by Gasteiger charge is 2.39. The summed E-state index contributed by atoms with van der Waals surface area (Å²) in [7, 11) is 1.98. The molecule has 0 saturated heterocycles. The van der Waals surface area contributed by atoms with Crippen molar-refractivity contribution in [2.45, 2.75) is 67.1 Å². The lowest BCUT2D eigenvalue weighted by atomic mass is 9.71. The monoisotopic (exact) mass is 367 g/mol. The second kappa shape index (κ2) is 9.36. The van der Waals surface area contributed by atoms with Crippen LogP contribution in [-0.2, 0) is 0 Å². The maximum absolute atomic E-state index is 11.1. The summed E-state index contributed by atoms with van der Waals surface area (Å²) >= 11 is 14.6. The lowest BCUT2D eigenvalue weighted by Crippen LogP contribution is -2.44. The number of nitrogens with one attached hydrogen (secondary N) is 1. The van der Waals surface area contributed by atoms with E-state index in [1.807, 2.05) is 18.8 Å². The van der Waals surface area contributed by atoms with E-state index in [9.17, 15) is 5.11 Å². The van der Waals surface area contributed by atoms with E-state index in [0.717, 1.165) is 37.5 Å². The van der Waals surface area contributed by atoms with Crippen LogP contribution < -0.4 is 5.32 Å². The summed E-state index contributed by atoms with van der Waals surface area (Å²) < 4.78 is 0. The molecule has 5 heteroatoms. The van der Waals surface area contributed by atoms with Gasteiger partial charge in [-0.15, -0.1) is 23.2 Å². The van der Waals surface area contributed by atoms with Gasteiger partial charge in [0.15, 0.2) is 0 Å². The molecule has 130 valence electrons. The van der Waals surface area contributed by atoms with E-state index in [1.165, 1.54) is 19.3 Å². The van der Waals surface area contributed by atoms with Crippen LogP contribution in [0.3, 0.4) is 0 Å². The Morgan fingerprint density at radius 1 is 1.09 bits per heavy atom. The van der Waals surface area contributed by atoms with Crippen molar-refractivity contribution in [3.05, 3.63) is 0 Å². The fourth-order valence-electron chi connectivity index (χ4n) is 4.35. The Kier molecular flexibility index (Phi) is 8.16. The number of hydrogen-bond acceptors (Lipinski definition) is 3. The minimum absolute atomic E-state index is 0.0530. The van der Waals surface area contributed by atoms with Gasteiger partial charge in [0.2, 0.25) is 0 Å². The van der Waals surface area contributed by atoms with Crippen LogP contribution in [0.1, 0.15) is 44.9 Å². The molecule has 5 unspecified atom stereocenters. The summed E-state index contributed by atoms with van der Waals surface area (Å²) in [6.45, 7) is 0.878. The Hall–Kier alpha value is 0.850. The van der Waals surface area contributed by atoms with E-state index in [0.29, 0.717) is 17.8 Å². The number of aliphatic hydroxyl groups is 1. The van der Waals surface area contributed by atoms with Crippen LogP contribution in [0.15, 0.2) is 0 Å². The van der Waals surface area contributed by atoms with E-state index in [4.69, 9.17) is 23.2 Å². The Morgan fingerprint density at radius 3 is 2.50 bits per heavy atom. The van der Waals surface area contributed by atoms with E-state index >= 15 is 0 Å². The van der Waals surface area contributed by atoms with Gasteiger partial charge in [-0.05, 0) is 63.7 Å². The van der Waals surface area contributed by atoms with Gasteiger partial charge in [-0.25, -0.2) is 0 Å². The first-order chi connectivity index (χ1) is 10.6. The molecule has 0 aromatic carbocycles. The summed E-state index contributed by atoms with van der Waals surface area (Å²) in [5, 5.41) is 15.2. The normalized spacial score (nSPS) is 39.4. The van der Waals surface area contributed by atoms with Crippen molar-refractivity contribution >= 4 is 35.0 Å². The van der Waals surface area contributed by atoms with Crippen LogP contribution in [-0.4, -0.2) is 47.1 Å². The number of thioether (sulfide) groups is 1. The number of alkyl halides is 2. The Morgan fingerprint density at radius 2 is 1.86 bits per heavy atom. The molecule has 2 N–H and O–H groups in total. The predicted octanol–water partition coefficient (Wildman–Crippen LogP) is 4.12. The average Bonchev–Trinajstić information content (AvgIpc) is 2.54. The quantitative estimate of drug-likeness (QED) is 0.692. The molecule has 2 aliphatic carbocycles. The zero-order valence-electron chi connectivity index (χ0n) is 13.8. The highest BCUT2D eigenvalue weighted by atomic mass is 35.5. The number of halogens is 2. The van der Waals surface area contributed by atoms with Gasteiger partial charge in [-0.2, -0.15) is 11.8 Å². The Labute approximate surface area is 150 Å². The second-order valence-corrected chi connectivity index (χ2v) is 9.36. The minimum Gasteiger partial charge on any atom is -0.392 e. The van der Waals surface area contributed by atoms with Gasteiger partial charge in [-0.3, -0.25) is 0 Å². The van der Waals surface area contributed by atoms with Crippen molar-refractivity contribution in [1.82, 2.24) is 5.32 Å². The van der Waals surface area contributed by atoms with Crippen LogP contribution in [0, 0.1) is 17.8 Å². The van der Waals surface area contributed by atoms with E-state index in [2.05, 4.69) is 11.6 Å². The lowest BCUT2D eigenvalue weighted by Gasteiger charge is -2.41. The fraction of sp³-hybridized carbons (Fsp3) is 1.00. The molecule has 0 radical (unpaired) electrons. The fourth-order valence-corrected chi connectivity index (χ4v) is 5.78. The van der Waals surface area contributed by atoms with Crippen molar-refractivity contribution in [3.63, 3.8) is 0 Å². The third kappa shape index (κ3) is 4.92. The number of aliphatic hydroxyl groups excluding tert-OH is 1. The number of rotatable bonds is 6. The first kappa shape index (κ1) is 19.2. The van der Waals surface area contributed by atoms with Gasteiger partial charge >= 0.3 is 0 Å². The molecule has 2 nitrogen and oxygen atoms in total. The van der Waals surface area contributed by atoms with Crippen LogP contribution in [0.5, 0.6) is 0 Å². The highest BCUT2D eigenvalue weighted by Crippen LogP contribution is 2.41. The van der Waals surface area contributed by atoms with Gasteiger partial charge in [0.05, 0.1) is 11.5 Å². The Bertz CT molecular complexity index is 334. The van der Waals surface area contributed by atoms with Crippen LogP contribution in [0.25, 0.3) is 0 Å². The standard InChI is InChI=1S/C17H31Cl2NOS/c1-20-10-14(11-6-7-15(18)16(19)9-11)17(21)12-4-3-5-13(8-12)22-2/h11-17,20-21H,3-10H2,1-2H3/t11?,12?,13?,14-,15?,16?,17-/m0/s1. The molecule has 0 amide bonds. The molecule has 0 aromatic rings. The molecule has 7 atom stereocenters. The molecular weight excluding hydrogens is 337 g/mol. The molecule has 0 spiro atoms. The SMILES string of the molecule is CNC[C@@H](C1CCC(Cl)C(Cl)C1)[C@@H](O)C1CCCC(SC)C1. The van der Waals surface area contributed by atoms with E-state index in [1.54, 1.807) is 0 Å². The van der Waals surface area contributed by atoms with Crippen LogP contribution in [0.4, 0.5) is 0 Å². The maximum atomic E-state index is 11.1. The smallest absolute Gasteiger partial charge is 0.0611 e. The van der Waals surface area contributed by atoms with Gasteiger partial charge in [0.25, 0.3) is 0 Å². The van der Waals surface area contributed by atoms with Crippen LogP contribution in [0.2, 0.25) is 0 Å². The molecule has 0 aliphatic heterocycles. The van der Waals surface area contributed by atoms with E-state index < -0.39 is 0 Å². The van der Waals surface area contributed by atoms with Crippen molar-refractivity contribution in [3.8, 4) is 0 Å². The minimum atomic E-state index is -0.205. The highest BCUT2D eigenvalue weighted by molar-refractivity contribution is 7.99. The summed E-state index contributed by atoms with van der Waals surface area (Å²) in [6, 6.07) is 0. The summed E-state index contributed by atoms with van der Waals surface area (Å²) in [5.74, 6) is 1.25. The van der Waals surface area contributed by atoms with Gasteiger partial charge in [0.1, 0.15) is 0 Å². The van der Waals surface area contributed by atoms with Gasteiger partial charge in [0, 0.05) is 23.1 Å². The van der Waals surface area contributed by atoms with Gasteiger partial charge < -0.3 is 10.4 Å². The molecule has 0 bridgehead atoms. The summed E-state index contributed by atoms with van der Waals surface area (Å²) in [6.07, 6.45) is 9.91. The first-order valence-corrected chi connectivity index (χ1v) is 10.9. The summed E-state index contributed by atoms with van der Waals surface area (Å²) in [5.41, 5.74) is 0. The molecule has 22 heavy (non-hydrogen) atoms. The molecular formula is C17H31Cl2NOS. The van der Waals surface area contributed by atoms with E-state index in [-0.39, 0.29) is 16.9 Å². The summed E-state index contributed by atoms with van der Waals surface area (Å²) in [4.78, 5) is 0. The zero-order chi connectivity index (χ0) is 16.1. The molecule has 2 aliphatic rings. The van der Waals surface area contributed by atoms with Crippen molar-refractivity contribution < 1.29 is 5.11 Å². The third-order valence-electron chi connectivity index (χ3n) is 5.70. The first-order valence-electron chi connectivity index (χ1n) is 8.70. The Balaban J connectivity index is 2.00. The largest absolute Gasteiger partial charge is 0.392 e. The molecule has 0 aromatic heterocycles. The topological polar surface area (TPSA) is 32.3 Å². The molecule has 2 saturated carbocycles. The molecule has 2 fully saturated rings. The van der Waals surface area contributed by atoms with Gasteiger partial charge in [-0.1, -0.05) is 6.42 Å². The average molecular weight is 368 g/mol. The number of hydrogen-bond donors (Lipinski definition) is 2. The second-order valence-electron chi connectivity index (χ2n) is 7.10. The van der Waals surface area contributed by atoms with Crippen molar-refractivity contribution in [2.75, 3.05) is 19.8 Å². The van der Waals surface area contributed by atoms with Crippen LogP contribution >= 0.6 is 35.0 Å². The maximum Gasteiger partial charge on any atom is 0.0611 e. The van der Waals surface area contributed by atoms with Crippen molar-refractivity contribution in [1.29, 1.82) is 0 Å². The molecule has 2 rings (SSSR count). The predicted molar refractivity (Wildman–Crippen MR) is 99.3 cm³/mol.